The first-order valence-corrected chi connectivity index (χ1v) is 6.92. The molecule has 1 aliphatic rings. The van der Waals surface area contributed by atoms with Gasteiger partial charge in [-0.1, -0.05) is 0 Å². The van der Waals surface area contributed by atoms with Crippen LogP contribution in [0.1, 0.15) is 10.5 Å². The fraction of sp³-hybridized carbons (Fsp3) is 0.333. The highest BCUT2D eigenvalue weighted by Crippen LogP contribution is 2.30. The summed E-state index contributed by atoms with van der Waals surface area (Å²) in [6.45, 7) is 2.86. The molecule has 1 aromatic carbocycles. The van der Waals surface area contributed by atoms with Gasteiger partial charge in [0.1, 0.15) is 11.6 Å². The van der Waals surface area contributed by atoms with Crippen molar-refractivity contribution < 1.29 is 18.7 Å². The minimum Gasteiger partial charge on any atom is -0.477 e. The molecule has 5 nitrogen and oxygen atoms in total. The minimum atomic E-state index is -1.22. The number of aromatic carboxylic acids is 1. The van der Waals surface area contributed by atoms with Gasteiger partial charge in [-0.15, -0.1) is 12.4 Å². The first-order chi connectivity index (χ1) is 10.5. The zero-order valence-electron chi connectivity index (χ0n) is 12.4. The Morgan fingerprint density at radius 3 is 2.43 bits per heavy atom. The predicted molar refractivity (Wildman–Crippen MR) is 85.6 cm³/mol. The van der Waals surface area contributed by atoms with Crippen molar-refractivity contribution in [3.8, 4) is 0 Å². The van der Waals surface area contributed by atoms with Crippen molar-refractivity contribution in [2.45, 2.75) is 0 Å². The Balaban J connectivity index is 0.00000192. The highest BCUT2D eigenvalue weighted by atomic mass is 35.5. The first-order valence-electron chi connectivity index (χ1n) is 6.92. The van der Waals surface area contributed by atoms with Crippen molar-refractivity contribution in [1.29, 1.82) is 0 Å². The Labute approximate surface area is 137 Å². The van der Waals surface area contributed by atoms with Crippen molar-refractivity contribution in [3.05, 3.63) is 35.5 Å². The van der Waals surface area contributed by atoms with Crippen LogP contribution < -0.4 is 4.90 Å². The molecular weight excluding hydrogens is 328 g/mol. The van der Waals surface area contributed by atoms with Crippen molar-refractivity contribution >= 4 is 35.0 Å². The molecule has 0 saturated carbocycles. The zero-order valence-corrected chi connectivity index (χ0v) is 13.2. The number of benzene rings is 1. The Kier molecular flexibility index (Phi) is 5.01. The van der Waals surface area contributed by atoms with Gasteiger partial charge in [-0.3, -0.25) is 0 Å². The van der Waals surface area contributed by atoms with Crippen molar-refractivity contribution in [2.24, 2.45) is 0 Å². The van der Waals surface area contributed by atoms with Gasteiger partial charge < -0.3 is 14.9 Å². The van der Waals surface area contributed by atoms with Gasteiger partial charge >= 0.3 is 5.97 Å². The lowest BCUT2D eigenvalue weighted by Gasteiger charge is -2.34. The van der Waals surface area contributed by atoms with E-state index < -0.39 is 17.6 Å². The summed E-state index contributed by atoms with van der Waals surface area (Å²) in [4.78, 5) is 19.1. The molecule has 0 unspecified atom stereocenters. The number of likely N-dealkylation sites (N-methyl/N-ethyl adjacent to an activating group) is 1. The highest BCUT2D eigenvalue weighted by Gasteiger charge is 2.21. The van der Waals surface area contributed by atoms with Gasteiger partial charge in [-0.2, -0.15) is 0 Å². The second kappa shape index (κ2) is 6.64. The van der Waals surface area contributed by atoms with Gasteiger partial charge in [0.2, 0.25) is 0 Å². The van der Waals surface area contributed by atoms with Crippen molar-refractivity contribution in [2.75, 3.05) is 38.1 Å². The summed E-state index contributed by atoms with van der Waals surface area (Å²) in [7, 11) is 1.99. The van der Waals surface area contributed by atoms with Crippen LogP contribution >= 0.6 is 12.4 Å². The molecule has 0 bridgehead atoms. The molecule has 1 N–H and O–H groups in total. The number of fused-ring (bicyclic) bond motifs is 1. The number of carboxylic acid groups (broad SMARTS) is 1. The molecule has 1 fully saturated rings. The van der Waals surface area contributed by atoms with Gasteiger partial charge in [-0.05, 0) is 13.1 Å². The van der Waals surface area contributed by atoms with E-state index in [1.54, 1.807) is 0 Å². The van der Waals surface area contributed by atoms with Crippen LogP contribution in [0, 0.1) is 11.6 Å². The van der Waals surface area contributed by atoms with Crippen LogP contribution in [-0.2, 0) is 0 Å². The molecule has 23 heavy (non-hydrogen) atoms. The maximum Gasteiger partial charge on any atom is 0.354 e. The summed E-state index contributed by atoms with van der Waals surface area (Å²) >= 11 is 0. The number of carbonyl (C=O) groups is 1. The first kappa shape index (κ1) is 17.4. The van der Waals surface area contributed by atoms with E-state index in [1.807, 2.05) is 11.9 Å². The summed E-state index contributed by atoms with van der Waals surface area (Å²) in [6, 6.07) is 3.21. The van der Waals surface area contributed by atoms with Gasteiger partial charge in [0, 0.05) is 38.3 Å². The SMILES string of the molecule is CN1CCN(c2cc(C(=O)O)nc3cc(F)cc(F)c23)CC1.Cl. The second-order valence-electron chi connectivity index (χ2n) is 5.40. The molecule has 2 aromatic rings. The molecular formula is C15H16ClF2N3O2. The van der Waals surface area contributed by atoms with E-state index in [-0.39, 0.29) is 29.0 Å². The lowest BCUT2D eigenvalue weighted by molar-refractivity contribution is 0.0691. The number of pyridine rings is 1. The van der Waals surface area contributed by atoms with Crippen LogP contribution in [0.4, 0.5) is 14.5 Å². The smallest absolute Gasteiger partial charge is 0.354 e. The van der Waals surface area contributed by atoms with Crippen LogP contribution in [-0.4, -0.2) is 54.2 Å². The van der Waals surface area contributed by atoms with E-state index in [0.717, 1.165) is 25.2 Å². The van der Waals surface area contributed by atoms with E-state index in [4.69, 9.17) is 0 Å². The Morgan fingerprint density at radius 1 is 1.17 bits per heavy atom. The monoisotopic (exact) mass is 343 g/mol. The number of rotatable bonds is 2. The fourth-order valence-electron chi connectivity index (χ4n) is 2.67. The Bertz CT molecular complexity index is 749. The lowest BCUT2D eigenvalue weighted by atomic mass is 10.1. The van der Waals surface area contributed by atoms with Gasteiger partial charge in [0.15, 0.2) is 5.69 Å². The zero-order chi connectivity index (χ0) is 15.9. The van der Waals surface area contributed by atoms with E-state index in [1.165, 1.54) is 6.07 Å². The molecule has 0 spiro atoms. The average Bonchev–Trinajstić information content (AvgIpc) is 2.46. The van der Waals surface area contributed by atoms with Crippen molar-refractivity contribution in [3.63, 3.8) is 0 Å². The lowest BCUT2D eigenvalue weighted by Crippen LogP contribution is -2.44. The molecule has 1 saturated heterocycles. The number of piperazine rings is 1. The molecule has 1 aromatic heterocycles. The summed E-state index contributed by atoms with van der Waals surface area (Å²) < 4.78 is 27.6. The van der Waals surface area contributed by atoms with E-state index in [2.05, 4.69) is 9.88 Å². The number of aromatic nitrogens is 1. The Morgan fingerprint density at radius 2 is 1.83 bits per heavy atom. The molecule has 0 atom stereocenters. The standard InChI is InChI=1S/C15H15F2N3O2.ClH/c1-19-2-4-20(5-3-19)13-8-12(15(21)22)18-11-7-9(16)6-10(17)14(11)13;/h6-8H,2-5H2,1H3,(H,21,22);1H. The molecule has 0 radical (unpaired) electrons. The third-order valence-electron chi connectivity index (χ3n) is 3.87. The average molecular weight is 344 g/mol. The van der Waals surface area contributed by atoms with Crippen molar-refractivity contribution in [1.82, 2.24) is 9.88 Å². The van der Waals surface area contributed by atoms with E-state index in [0.29, 0.717) is 18.8 Å². The molecule has 2 heterocycles. The molecule has 3 rings (SSSR count). The van der Waals surface area contributed by atoms with Crippen LogP contribution in [0.2, 0.25) is 0 Å². The third kappa shape index (κ3) is 3.35. The van der Waals surface area contributed by atoms with Gasteiger partial charge in [-0.25, -0.2) is 18.6 Å². The number of halogens is 3. The molecule has 0 amide bonds. The molecule has 1 aliphatic heterocycles. The molecule has 124 valence electrons. The van der Waals surface area contributed by atoms with Gasteiger partial charge in [0.25, 0.3) is 0 Å². The number of anilines is 1. The van der Waals surface area contributed by atoms with Gasteiger partial charge in [0.05, 0.1) is 16.6 Å². The Hall–Kier alpha value is -1.99. The van der Waals surface area contributed by atoms with E-state index >= 15 is 0 Å². The normalized spacial score (nSPS) is 15.5. The maximum atomic E-state index is 14.2. The number of hydrogen-bond donors (Lipinski definition) is 1. The fourth-order valence-corrected chi connectivity index (χ4v) is 2.67. The summed E-state index contributed by atoms with van der Waals surface area (Å²) in [5.74, 6) is -2.72. The summed E-state index contributed by atoms with van der Waals surface area (Å²) in [5, 5.41) is 9.33. The van der Waals surface area contributed by atoms with Crippen LogP contribution in [0.25, 0.3) is 10.9 Å². The highest BCUT2D eigenvalue weighted by molar-refractivity contribution is 5.97. The number of hydrogen-bond acceptors (Lipinski definition) is 4. The molecule has 0 aliphatic carbocycles. The maximum absolute atomic E-state index is 14.2. The minimum absolute atomic E-state index is 0. The summed E-state index contributed by atoms with van der Waals surface area (Å²) in [6.07, 6.45) is 0. The number of nitrogens with zero attached hydrogens (tertiary/aromatic N) is 3. The van der Waals surface area contributed by atoms with Crippen LogP contribution in [0.15, 0.2) is 18.2 Å². The second-order valence-corrected chi connectivity index (χ2v) is 5.40. The van der Waals surface area contributed by atoms with E-state index in [9.17, 15) is 18.7 Å². The van der Waals surface area contributed by atoms with Crippen LogP contribution in [0.3, 0.4) is 0 Å². The number of carboxylic acids is 1. The van der Waals surface area contributed by atoms with Crippen LogP contribution in [0.5, 0.6) is 0 Å². The molecule has 8 heteroatoms. The predicted octanol–water partition coefficient (Wildman–Crippen LogP) is 2.38. The topological polar surface area (TPSA) is 56.7 Å². The third-order valence-corrected chi connectivity index (χ3v) is 3.87. The largest absolute Gasteiger partial charge is 0.477 e. The quantitative estimate of drug-likeness (QED) is 0.907. The summed E-state index contributed by atoms with van der Waals surface area (Å²) in [5.41, 5.74) is 0.255.